The number of carbonyl (C=O) groups is 2. The molecule has 0 fully saturated rings. The number of aromatic nitrogens is 2. The molecule has 2 aromatic carbocycles. The highest BCUT2D eigenvalue weighted by Gasteiger charge is 2.39. The van der Waals surface area contributed by atoms with Crippen LogP contribution in [0.5, 0.6) is 0 Å². The number of aliphatic carboxylic acids is 1. The fourth-order valence-electron chi connectivity index (χ4n) is 4.40. The van der Waals surface area contributed by atoms with Crippen LogP contribution in [0.2, 0.25) is 5.02 Å². The van der Waals surface area contributed by atoms with Crippen molar-refractivity contribution in [3.8, 4) is 0 Å². The number of halogens is 2. The summed E-state index contributed by atoms with van der Waals surface area (Å²) >= 11 is 6.29. The van der Waals surface area contributed by atoms with Gasteiger partial charge in [0.05, 0.1) is 33.1 Å². The Kier molecular flexibility index (Phi) is 5.21. The maximum Gasteiger partial charge on any atom is 0.307 e. The van der Waals surface area contributed by atoms with Crippen LogP contribution in [-0.4, -0.2) is 26.8 Å². The fraction of sp³-hybridized carbons (Fsp3) is 0.292. The lowest BCUT2D eigenvalue weighted by atomic mass is 9.68. The van der Waals surface area contributed by atoms with E-state index in [9.17, 15) is 19.1 Å². The summed E-state index contributed by atoms with van der Waals surface area (Å²) in [7, 11) is 0. The topological polar surface area (TPSA) is 72.2 Å². The number of carboxylic acids is 1. The molecule has 4 rings (SSSR count). The van der Waals surface area contributed by atoms with Crippen molar-refractivity contribution in [1.29, 1.82) is 0 Å². The third-order valence-corrected chi connectivity index (χ3v) is 6.39. The van der Waals surface area contributed by atoms with Gasteiger partial charge in [0, 0.05) is 0 Å². The molecule has 160 valence electrons. The third kappa shape index (κ3) is 3.55. The maximum atomic E-state index is 14.9. The lowest BCUT2D eigenvalue weighted by Gasteiger charge is -2.35. The predicted molar refractivity (Wildman–Crippen MR) is 118 cm³/mol. The zero-order valence-corrected chi connectivity index (χ0v) is 18.2. The minimum absolute atomic E-state index is 0.247. The second kappa shape index (κ2) is 7.61. The van der Waals surface area contributed by atoms with E-state index in [1.807, 2.05) is 13.8 Å². The van der Waals surface area contributed by atoms with Crippen molar-refractivity contribution in [2.75, 3.05) is 0 Å². The van der Waals surface area contributed by atoms with Crippen LogP contribution in [0.4, 0.5) is 4.39 Å². The zero-order valence-electron chi connectivity index (χ0n) is 17.4. The molecule has 1 N–H and O–H groups in total. The van der Waals surface area contributed by atoms with Gasteiger partial charge in [-0.15, -0.1) is 0 Å². The summed E-state index contributed by atoms with van der Waals surface area (Å²) in [4.78, 5) is 25.0. The van der Waals surface area contributed by atoms with E-state index in [1.165, 1.54) is 16.8 Å². The van der Waals surface area contributed by atoms with Crippen molar-refractivity contribution in [2.24, 2.45) is 11.3 Å². The van der Waals surface area contributed by atoms with Crippen molar-refractivity contribution >= 4 is 40.0 Å². The van der Waals surface area contributed by atoms with E-state index in [1.54, 1.807) is 37.3 Å². The van der Waals surface area contributed by atoms with Crippen LogP contribution in [0, 0.1) is 24.1 Å². The Hall–Kier alpha value is -2.99. The summed E-state index contributed by atoms with van der Waals surface area (Å²) in [5.41, 5.74) is 1.91. The molecular formula is C24H22ClFN2O3. The van der Waals surface area contributed by atoms with Gasteiger partial charge in [0.1, 0.15) is 5.82 Å². The van der Waals surface area contributed by atoms with Gasteiger partial charge in [0.15, 0.2) is 0 Å². The molecule has 1 unspecified atom stereocenters. The molecule has 1 aliphatic carbocycles. The summed E-state index contributed by atoms with van der Waals surface area (Å²) in [6.45, 7) is 5.55. The van der Waals surface area contributed by atoms with Gasteiger partial charge in [-0.3, -0.25) is 9.59 Å². The summed E-state index contributed by atoms with van der Waals surface area (Å²) in [6, 6.07) is 9.68. The van der Waals surface area contributed by atoms with Crippen LogP contribution in [0.1, 0.15) is 48.3 Å². The summed E-state index contributed by atoms with van der Waals surface area (Å²) in [6.07, 6.45) is 2.52. The summed E-state index contributed by atoms with van der Waals surface area (Å²) in [5.74, 6) is -2.32. The molecule has 0 aliphatic heterocycles. The normalized spacial score (nSPS) is 18.1. The summed E-state index contributed by atoms with van der Waals surface area (Å²) < 4.78 is 16.1. The van der Waals surface area contributed by atoms with Crippen LogP contribution < -0.4 is 0 Å². The molecule has 31 heavy (non-hydrogen) atoms. The van der Waals surface area contributed by atoms with Gasteiger partial charge < -0.3 is 5.11 Å². The minimum atomic E-state index is -0.855. The number of allylic oxidation sites excluding steroid dienone is 2. The highest BCUT2D eigenvalue weighted by atomic mass is 35.5. The SMILES string of the molecule is Cc1cccc(Cl)c1C(=O)n1nc(C2=CCC(C(=O)O)C(C)(C)C2)c2c(F)cccc21. The first-order valence-corrected chi connectivity index (χ1v) is 10.4. The van der Waals surface area contributed by atoms with E-state index >= 15 is 0 Å². The van der Waals surface area contributed by atoms with Crippen molar-refractivity contribution in [2.45, 2.75) is 33.6 Å². The number of hydrogen-bond donors (Lipinski definition) is 1. The van der Waals surface area contributed by atoms with Gasteiger partial charge in [-0.05, 0) is 54.5 Å². The third-order valence-electron chi connectivity index (χ3n) is 6.08. The monoisotopic (exact) mass is 440 g/mol. The minimum Gasteiger partial charge on any atom is -0.481 e. The predicted octanol–water partition coefficient (Wildman–Crippen LogP) is 5.73. The first kappa shape index (κ1) is 21.2. The maximum absolute atomic E-state index is 14.9. The molecule has 0 saturated carbocycles. The highest BCUT2D eigenvalue weighted by molar-refractivity contribution is 6.34. The fourth-order valence-corrected chi connectivity index (χ4v) is 4.70. The number of rotatable bonds is 3. The van der Waals surface area contributed by atoms with E-state index < -0.39 is 29.0 Å². The lowest BCUT2D eigenvalue weighted by Crippen LogP contribution is -2.33. The van der Waals surface area contributed by atoms with Gasteiger partial charge in [-0.25, -0.2) is 4.39 Å². The van der Waals surface area contributed by atoms with E-state index in [0.717, 1.165) is 5.57 Å². The Labute approximate surface area is 184 Å². The molecule has 0 bridgehead atoms. The largest absolute Gasteiger partial charge is 0.481 e. The smallest absolute Gasteiger partial charge is 0.307 e. The van der Waals surface area contributed by atoms with Crippen LogP contribution in [0.15, 0.2) is 42.5 Å². The van der Waals surface area contributed by atoms with Crippen LogP contribution in [-0.2, 0) is 4.79 Å². The zero-order chi connectivity index (χ0) is 22.5. The highest BCUT2D eigenvalue weighted by Crippen LogP contribution is 2.45. The molecule has 0 spiro atoms. The molecule has 0 radical (unpaired) electrons. The number of carboxylic acid groups (broad SMARTS) is 1. The molecule has 5 nitrogen and oxygen atoms in total. The number of hydrogen-bond acceptors (Lipinski definition) is 3. The summed E-state index contributed by atoms with van der Waals surface area (Å²) in [5, 5.41) is 14.6. The van der Waals surface area contributed by atoms with E-state index in [0.29, 0.717) is 40.2 Å². The molecule has 3 aromatic rings. The van der Waals surface area contributed by atoms with Gasteiger partial charge in [0.25, 0.3) is 5.91 Å². The first-order valence-electron chi connectivity index (χ1n) is 10.0. The average Bonchev–Trinajstić information content (AvgIpc) is 3.07. The lowest BCUT2D eigenvalue weighted by molar-refractivity contribution is -0.145. The second-order valence-electron chi connectivity index (χ2n) is 8.65. The average molecular weight is 441 g/mol. The molecule has 1 aliphatic rings. The quantitative estimate of drug-likeness (QED) is 0.564. The van der Waals surface area contributed by atoms with Gasteiger partial charge in [-0.2, -0.15) is 9.78 Å². The number of nitrogens with zero attached hydrogens (tertiary/aromatic N) is 2. The number of fused-ring (bicyclic) bond motifs is 1. The van der Waals surface area contributed by atoms with Crippen LogP contribution in [0.25, 0.3) is 16.5 Å². The standard InChI is InChI=1S/C24H22ClFN2O3/c1-13-6-4-7-16(25)19(13)22(29)28-18-9-5-8-17(26)20(18)21(27-28)14-10-11-15(23(30)31)24(2,3)12-14/h4-10,15H,11-12H2,1-3H3,(H,30,31). The first-order chi connectivity index (χ1) is 14.6. The van der Waals surface area contributed by atoms with E-state index in [2.05, 4.69) is 5.10 Å². The van der Waals surface area contributed by atoms with Gasteiger partial charge >= 0.3 is 5.97 Å². The second-order valence-corrected chi connectivity index (χ2v) is 9.06. The van der Waals surface area contributed by atoms with Crippen molar-refractivity contribution < 1.29 is 19.1 Å². The van der Waals surface area contributed by atoms with Gasteiger partial charge in [-0.1, -0.05) is 49.7 Å². The Morgan fingerprint density at radius 2 is 1.94 bits per heavy atom. The Balaban J connectivity index is 1.90. The molecule has 0 saturated heterocycles. The number of benzene rings is 2. The number of aryl methyl sites for hydroxylation is 1. The van der Waals surface area contributed by atoms with Crippen molar-refractivity contribution in [1.82, 2.24) is 9.78 Å². The molecular weight excluding hydrogens is 419 g/mol. The molecule has 1 heterocycles. The number of carbonyl (C=O) groups excluding carboxylic acids is 1. The van der Waals surface area contributed by atoms with Gasteiger partial charge in [0.2, 0.25) is 0 Å². The Morgan fingerprint density at radius 3 is 2.58 bits per heavy atom. The van der Waals surface area contributed by atoms with E-state index in [4.69, 9.17) is 11.6 Å². The van der Waals surface area contributed by atoms with Crippen molar-refractivity contribution in [3.63, 3.8) is 0 Å². The van der Waals surface area contributed by atoms with Crippen LogP contribution >= 0.6 is 11.6 Å². The van der Waals surface area contributed by atoms with Crippen LogP contribution in [0.3, 0.4) is 0 Å². The Bertz CT molecular complexity index is 1240. The molecule has 0 amide bonds. The molecule has 1 aromatic heterocycles. The Morgan fingerprint density at radius 1 is 1.23 bits per heavy atom. The van der Waals surface area contributed by atoms with Crippen molar-refractivity contribution in [3.05, 3.63) is 70.1 Å². The molecule has 7 heteroatoms. The molecule has 1 atom stereocenters. The van der Waals surface area contributed by atoms with E-state index in [-0.39, 0.29) is 5.39 Å².